The lowest BCUT2D eigenvalue weighted by Gasteiger charge is -2.29. The van der Waals surface area contributed by atoms with Gasteiger partial charge in [-0.05, 0) is 19.8 Å². The molecule has 0 aliphatic rings. The van der Waals surface area contributed by atoms with Gasteiger partial charge in [-0.2, -0.15) is 5.10 Å². The first-order valence-electron chi connectivity index (χ1n) is 5.96. The van der Waals surface area contributed by atoms with E-state index < -0.39 is 5.41 Å². The van der Waals surface area contributed by atoms with Crippen molar-refractivity contribution in [1.82, 2.24) is 20.5 Å². The molecule has 17 heavy (non-hydrogen) atoms. The molecule has 0 spiro atoms. The first kappa shape index (κ1) is 13.6. The average molecular weight is 239 g/mol. The van der Waals surface area contributed by atoms with Crippen molar-refractivity contribution < 1.29 is 4.79 Å². The number of rotatable bonds is 6. The maximum atomic E-state index is 12.2. The summed E-state index contributed by atoms with van der Waals surface area (Å²) < 4.78 is 0. The van der Waals surface area contributed by atoms with Crippen LogP contribution in [0.3, 0.4) is 0 Å². The van der Waals surface area contributed by atoms with E-state index in [1.165, 1.54) is 6.33 Å². The van der Waals surface area contributed by atoms with Crippen molar-refractivity contribution in [2.75, 3.05) is 6.54 Å². The van der Waals surface area contributed by atoms with E-state index in [1.54, 1.807) is 0 Å². The van der Waals surface area contributed by atoms with Gasteiger partial charge in [0.1, 0.15) is 12.2 Å². The van der Waals surface area contributed by atoms with Crippen molar-refractivity contribution in [2.45, 2.75) is 39.7 Å². The van der Waals surface area contributed by atoms with Crippen LogP contribution in [0.4, 0.5) is 0 Å². The Morgan fingerprint density at radius 1 is 1.59 bits per heavy atom. The SMILES string of the molecule is CCC(CC)(CN)C(=O)NC(C)c1ncn[nH]1. The maximum absolute atomic E-state index is 12.2. The van der Waals surface area contributed by atoms with Gasteiger partial charge in [-0.15, -0.1) is 0 Å². The first-order valence-corrected chi connectivity index (χ1v) is 5.96. The Balaban J connectivity index is 2.71. The Labute approximate surface area is 101 Å². The number of hydrogen-bond donors (Lipinski definition) is 3. The molecule has 1 atom stereocenters. The molecule has 1 unspecified atom stereocenters. The summed E-state index contributed by atoms with van der Waals surface area (Å²) in [7, 11) is 0. The monoisotopic (exact) mass is 239 g/mol. The molecule has 0 saturated heterocycles. The summed E-state index contributed by atoms with van der Waals surface area (Å²) >= 11 is 0. The van der Waals surface area contributed by atoms with E-state index in [0.29, 0.717) is 12.4 Å². The van der Waals surface area contributed by atoms with Crippen LogP contribution < -0.4 is 11.1 Å². The molecule has 0 bridgehead atoms. The van der Waals surface area contributed by atoms with Gasteiger partial charge in [0, 0.05) is 6.54 Å². The van der Waals surface area contributed by atoms with Crippen LogP contribution in [0.2, 0.25) is 0 Å². The highest BCUT2D eigenvalue weighted by molar-refractivity contribution is 5.83. The van der Waals surface area contributed by atoms with Crippen LogP contribution in [0.15, 0.2) is 6.33 Å². The maximum Gasteiger partial charge on any atom is 0.228 e. The molecule has 6 heteroatoms. The number of aromatic nitrogens is 3. The summed E-state index contributed by atoms with van der Waals surface area (Å²) in [6.07, 6.45) is 2.89. The molecule has 1 aromatic rings. The summed E-state index contributed by atoms with van der Waals surface area (Å²) in [6, 6.07) is -0.186. The number of nitrogens with one attached hydrogen (secondary N) is 2. The Hall–Kier alpha value is -1.43. The normalized spacial score (nSPS) is 13.4. The van der Waals surface area contributed by atoms with Gasteiger partial charge in [0.2, 0.25) is 5.91 Å². The predicted octanol–water partition coefficient (Wildman–Crippen LogP) is 0.747. The minimum Gasteiger partial charge on any atom is -0.346 e. The van der Waals surface area contributed by atoms with Crippen molar-refractivity contribution in [3.63, 3.8) is 0 Å². The van der Waals surface area contributed by atoms with Crippen molar-refractivity contribution in [3.8, 4) is 0 Å². The van der Waals surface area contributed by atoms with Gasteiger partial charge < -0.3 is 11.1 Å². The lowest BCUT2D eigenvalue weighted by Crippen LogP contribution is -2.46. The summed E-state index contributed by atoms with van der Waals surface area (Å²) in [4.78, 5) is 16.2. The fraction of sp³-hybridized carbons (Fsp3) is 0.727. The Morgan fingerprint density at radius 3 is 2.65 bits per heavy atom. The van der Waals surface area contributed by atoms with Gasteiger partial charge in [0.05, 0.1) is 11.5 Å². The highest BCUT2D eigenvalue weighted by Crippen LogP contribution is 2.26. The van der Waals surface area contributed by atoms with Gasteiger partial charge >= 0.3 is 0 Å². The lowest BCUT2D eigenvalue weighted by molar-refractivity contribution is -0.131. The molecule has 0 aromatic carbocycles. The molecule has 0 saturated carbocycles. The lowest BCUT2D eigenvalue weighted by atomic mass is 9.81. The zero-order chi connectivity index (χ0) is 12.9. The molecular formula is C11H21N5O. The zero-order valence-electron chi connectivity index (χ0n) is 10.7. The molecule has 0 fully saturated rings. The molecule has 6 nitrogen and oxygen atoms in total. The summed E-state index contributed by atoms with van der Waals surface area (Å²) in [5.41, 5.74) is 5.25. The van der Waals surface area contributed by atoms with Gasteiger partial charge in [-0.3, -0.25) is 9.89 Å². The van der Waals surface area contributed by atoms with Crippen LogP contribution in [0.25, 0.3) is 0 Å². The van der Waals surface area contributed by atoms with Crippen molar-refractivity contribution >= 4 is 5.91 Å². The van der Waals surface area contributed by atoms with Crippen molar-refractivity contribution in [3.05, 3.63) is 12.2 Å². The van der Waals surface area contributed by atoms with Crippen LogP contribution in [0.1, 0.15) is 45.5 Å². The molecule has 1 rings (SSSR count). The second-order valence-electron chi connectivity index (χ2n) is 4.26. The van der Waals surface area contributed by atoms with Crippen LogP contribution in [-0.2, 0) is 4.79 Å². The first-order chi connectivity index (χ1) is 8.09. The minimum atomic E-state index is -0.478. The summed E-state index contributed by atoms with van der Waals surface area (Å²) in [5, 5.41) is 9.43. The molecule has 96 valence electrons. The number of hydrogen-bond acceptors (Lipinski definition) is 4. The van der Waals surface area contributed by atoms with Crippen molar-refractivity contribution in [2.24, 2.45) is 11.1 Å². The fourth-order valence-electron chi connectivity index (χ4n) is 1.79. The fourth-order valence-corrected chi connectivity index (χ4v) is 1.79. The molecule has 1 heterocycles. The molecule has 1 amide bonds. The largest absolute Gasteiger partial charge is 0.346 e. The van der Waals surface area contributed by atoms with E-state index >= 15 is 0 Å². The summed E-state index contributed by atoms with van der Waals surface area (Å²) in [6.45, 7) is 6.18. The molecule has 0 aliphatic heterocycles. The van der Waals surface area contributed by atoms with Crippen LogP contribution >= 0.6 is 0 Å². The summed E-state index contributed by atoms with van der Waals surface area (Å²) in [5.74, 6) is 0.630. The van der Waals surface area contributed by atoms with E-state index in [-0.39, 0.29) is 11.9 Å². The highest BCUT2D eigenvalue weighted by Gasteiger charge is 2.34. The number of nitrogens with two attached hydrogens (primary N) is 1. The van der Waals surface area contributed by atoms with Gasteiger partial charge in [-0.25, -0.2) is 4.98 Å². The number of carbonyl (C=O) groups is 1. The number of carbonyl (C=O) groups excluding carboxylic acids is 1. The second-order valence-corrected chi connectivity index (χ2v) is 4.26. The third-order valence-corrected chi connectivity index (χ3v) is 3.42. The zero-order valence-corrected chi connectivity index (χ0v) is 10.7. The average Bonchev–Trinajstić information content (AvgIpc) is 2.85. The number of aromatic amines is 1. The van der Waals surface area contributed by atoms with Crippen LogP contribution in [0.5, 0.6) is 0 Å². The van der Waals surface area contributed by atoms with Crippen LogP contribution in [-0.4, -0.2) is 27.6 Å². The van der Waals surface area contributed by atoms with Gasteiger partial charge in [0.25, 0.3) is 0 Å². The van der Waals surface area contributed by atoms with E-state index in [9.17, 15) is 4.79 Å². The molecular weight excluding hydrogens is 218 g/mol. The quantitative estimate of drug-likeness (QED) is 0.682. The molecule has 0 radical (unpaired) electrons. The highest BCUT2D eigenvalue weighted by atomic mass is 16.2. The Kier molecular flexibility index (Phi) is 4.62. The third kappa shape index (κ3) is 2.82. The van der Waals surface area contributed by atoms with E-state index in [0.717, 1.165) is 12.8 Å². The van der Waals surface area contributed by atoms with E-state index in [4.69, 9.17) is 5.73 Å². The van der Waals surface area contributed by atoms with E-state index in [2.05, 4.69) is 20.5 Å². The minimum absolute atomic E-state index is 0.0195. The topological polar surface area (TPSA) is 96.7 Å². The molecule has 1 aromatic heterocycles. The third-order valence-electron chi connectivity index (χ3n) is 3.42. The van der Waals surface area contributed by atoms with Crippen LogP contribution in [0, 0.1) is 5.41 Å². The number of amides is 1. The second kappa shape index (κ2) is 5.77. The number of nitrogens with zero attached hydrogens (tertiary/aromatic N) is 2. The molecule has 4 N–H and O–H groups in total. The Morgan fingerprint density at radius 2 is 2.24 bits per heavy atom. The van der Waals surface area contributed by atoms with Crippen molar-refractivity contribution in [1.29, 1.82) is 0 Å². The van der Waals surface area contributed by atoms with Gasteiger partial charge in [-0.1, -0.05) is 13.8 Å². The Bertz CT molecular complexity index is 336. The smallest absolute Gasteiger partial charge is 0.228 e. The van der Waals surface area contributed by atoms with E-state index in [1.807, 2.05) is 20.8 Å². The standard InChI is InChI=1S/C11H21N5O/c1-4-11(5-2,6-12)10(17)15-8(3)9-13-7-14-16-9/h7-8H,4-6,12H2,1-3H3,(H,15,17)(H,13,14,16). The van der Waals surface area contributed by atoms with Gasteiger partial charge in [0.15, 0.2) is 0 Å². The molecule has 0 aliphatic carbocycles. The predicted molar refractivity (Wildman–Crippen MR) is 65.0 cm³/mol. The number of H-pyrrole nitrogens is 1.